The van der Waals surface area contributed by atoms with Crippen molar-refractivity contribution < 1.29 is 31.5 Å². The van der Waals surface area contributed by atoms with Crippen molar-refractivity contribution in [1.29, 1.82) is 0 Å². The first kappa shape index (κ1) is 16.1. The molecule has 1 heterocycles. The van der Waals surface area contributed by atoms with Gasteiger partial charge in [0.25, 0.3) is 6.43 Å². The summed E-state index contributed by atoms with van der Waals surface area (Å²) in [4.78, 5) is 14.5. The van der Waals surface area contributed by atoms with E-state index in [1.165, 1.54) is 22.6 Å². The van der Waals surface area contributed by atoms with Crippen molar-refractivity contribution in [3.8, 4) is 0 Å². The van der Waals surface area contributed by atoms with Crippen LogP contribution in [0.4, 0.5) is 22.0 Å². The maximum Gasteiger partial charge on any atom is 0.417 e. The maximum absolute atomic E-state index is 12.9. The third kappa shape index (κ3) is 3.74. The van der Waals surface area contributed by atoms with E-state index >= 15 is 0 Å². The molecule has 3 nitrogen and oxygen atoms in total. The largest absolute Gasteiger partial charge is 0.469 e. The summed E-state index contributed by atoms with van der Waals surface area (Å²) in [6, 6.07) is 0. The van der Waals surface area contributed by atoms with E-state index in [0.717, 1.165) is 7.11 Å². The lowest BCUT2D eigenvalue weighted by molar-refractivity contribution is -0.142. The molecule has 0 saturated heterocycles. The molecule has 19 heavy (non-hydrogen) atoms. The Kier molecular flexibility index (Phi) is 5.04. The number of rotatable bonds is 3. The van der Waals surface area contributed by atoms with Gasteiger partial charge in [-0.3, -0.25) is 4.79 Å². The zero-order valence-electron chi connectivity index (χ0n) is 9.39. The highest BCUT2D eigenvalue weighted by molar-refractivity contribution is 14.1. The van der Waals surface area contributed by atoms with Gasteiger partial charge in [-0.25, -0.2) is 13.8 Å². The molecular formula is C10H7F5INO2. The summed E-state index contributed by atoms with van der Waals surface area (Å²) in [5.74, 6) is -0.961. The predicted molar refractivity (Wildman–Crippen MR) is 62.6 cm³/mol. The number of pyridine rings is 1. The molecule has 0 aromatic carbocycles. The van der Waals surface area contributed by atoms with E-state index in [9.17, 15) is 26.7 Å². The smallest absolute Gasteiger partial charge is 0.417 e. The van der Waals surface area contributed by atoms with E-state index in [0.29, 0.717) is 6.20 Å². The fraction of sp³-hybridized carbons (Fsp3) is 0.400. The van der Waals surface area contributed by atoms with Gasteiger partial charge in [0.1, 0.15) is 3.70 Å². The topological polar surface area (TPSA) is 39.2 Å². The minimum atomic E-state index is -5.00. The van der Waals surface area contributed by atoms with Gasteiger partial charge in [-0.1, -0.05) is 0 Å². The van der Waals surface area contributed by atoms with Crippen molar-refractivity contribution in [2.24, 2.45) is 0 Å². The van der Waals surface area contributed by atoms with Crippen LogP contribution in [0.15, 0.2) is 6.20 Å². The number of alkyl halides is 5. The van der Waals surface area contributed by atoms with Crippen molar-refractivity contribution in [3.05, 3.63) is 26.6 Å². The summed E-state index contributed by atoms with van der Waals surface area (Å²) in [5, 5.41) is 0. The van der Waals surface area contributed by atoms with Crippen LogP contribution in [0, 0.1) is 3.70 Å². The van der Waals surface area contributed by atoms with Crippen LogP contribution in [0.1, 0.15) is 23.1 Å². The van der Waals surface area contributed by atoms with E-state index < -0.39 is 41.7 Å². The van der Waals surface area contributed by atoms with Crippen LogP contribution in [0.2, 0.25) is 0 Å². The molecule has 0 aliphatic heterocycles. The molecule has 0 aliphatic rings. The Morgan fingerprint density at radius 1 is 1.47 bits per heavy atom. The molecule has 0 amide bonds. The van der Waals surface area contributed by atoms with E-state index in [1.807, 2.05) is 0 Å². The van der Waals surface area contributed by atoms with Crippen molar-refractivity contribution >= 4 is 28.6 Å². The lowest BCUT2D eigenvalue weighted by Gasteiger charge is -2.17. The van der Waals surface area contributed by atoms with Gasteiger partial charge in [0.05, 0.1) is 19.1 Å². The molecule has 0 unspecified atom stereocenters. The number of hydrogen-bond donors (Lipinski definition) is 0. The highest BCUT2D eigenvalue weighted by atomic mass is 127. The zero-order valence-corrected chi connectivity index (χ0v) is 11.6. The SMILES string of the molecule is COC(=O)Cc1c(I)ncc(C(F)F)c1C(F)(F)F. The number of aromatic nitrogens is 1. The quantitative estimate of drug-likeness (QED) is 0.341. The minimum absolute atomic E-state index is 0.167. The van der Waals surface area contributed by atoms with Crippen LogP contribution in [0.25, 0.3) is 0 Å². The first-order valence-corrected chi connectivity index (χ1v) is 5.85. The van der Waals surface area contributed by atoms with Crippen molar-refractivity contribution in [2.75, 3.05) is 7.11 Å². The van der Waals surface area contributed by atoms with Crippen LogP contribution in [0.3, 0.4) is 0 Å². The Bertz CT molecular complexity index is 490. The minimum Gasteiger partial charge on any atom is -0.469 e. The number of methoxy groups -OCH3 is 1. The highest BCUT2D eigenvalue weighted by Gasteiger charge is 2.40. The van der Waals surface area contributed by atoms with Crippen molar-refractivity contribution in [3.63, 3.8) is 0 Å². The fourth-order valence-electron chi connectivity index (χ4n) is 1.42. The lowest BCUT2D eigenvalue weighted by atomic mass is 10.0. The first-order chi connectivity index (χ1) is 8.68. The summed E-state index contributed by atoms with van der Waals surface area (Å²) < 4.78 is 68.0. The van der Waals surface area contributed by atoms with Crippen LogP contribution in [0.5, 0.6) is 0 Å². The predicted octanol–water partition coefficient (Wildman–Crippen LogP) is 3.36. The molecule has 0 bridgehead atoms. The Balaban J connectivity index is 3.49. The van der Waals surface area contributed by atoms with Crippen LogP contribution in [-0.2, 0) is 22.1 Å². The second-order valence-electron chi connectivity index (χ2n) is 3.41. The third-order valence-corrected chi connectivity index (χ3v) is 3.15. The van der Waals surface area contributed by atoms with E-state index in [4.69, 9.17) is 0 Å². The molecule has 0 N–H and O–H groups in total. The normalized spacial score (nSPS) is 11.8. The second kappa shape index (κ2) is 5.97. The monoisotopic (exact) mass is 395 g/mol. The molecule has 106 valence electrons. The Hall–Kier alpha value is -1.00. The number of halogens is 6. The number of esters is 1. The standard InChI is InChI=1S/C10H7F5INO2/c1-19-6(18)2-4-7(10(13,14)15)5(8(11)12)3-17-9(4)16/h3,8H,2H2,1H3. The molecule has 1 rings (SSSR count). The first-order valence-electron chi connectivity index (χ1n) is 4.78. The van der Waals surface area contributed by atoms with E-state index in [1.54, 1.807) is 0 Å². The number of carbonyl (C=O) groups excluding carboxylic acids is 1. The summed E-state index contributed by atoms with van der Waals surface area (Å²) in [7, 11) is 0.993. The maximum atomic E-state index is 12.9. The average Bonchev–Trinajstić information content (AvgIpc) is 2.29. The van der Waals surface area contributed by atoms with Crippen molar-refractivity contribution in [1.82, 2.24) is 4.98 Å². The molecular weight excluding hydrogens is 388 g/mol. The average molecular weight is 395 g/mol. The Morgan fingerprint density at radius 2 is 2.05 bits per heavy atom. The van der Waals surface area contributed by atoms with Crippen LogP contribution < -0.4 is 0 Å². The van der Waals surface area contributed by atoms with Crippen molar-refractivity contribution in [2.45, 2.75) is 19.0 Å². The van der Waals surface area contributed by atoms with Gasteiger partial charge in [-0.05, 0) is 22.6 Å². The summed E-state index contributed by atoms with van der Waals surface area (Å²) >= 11 is 1.45. The Morgan fingerprint density at radius 3 is 2.47 bits per heavy atom. The number of ether oxygens (including phenoxy) is 1. The Labute approximate surface area is 118 Å². The third-order valence-electron chi connectivity index (χ3n) is 2.22. The summed E-state index contributed by atoms with van der Waals surface area (Å²) in [6.07, 6.45) is -8.64. The fourth-order valence-corrected chi connectivity index (χ4v) is 2.02. The summed E-state index contributed by atoms with van der Waals surface area (Å²) in [6.45, 7) is 0. The lowest BCUT2D eigenvalue weighted by Crippen LogP contribution is -2.18. The summed E-state index contributed by atoms with van der Waals surface area (Å²) in [5.41, 5.74) is -3.36. The number of carbonyl (C=O) groups is 1. The van der Waals surface area contributed by atoms with E-state index in [2.05, 4.69) is 9.72 Å². The molecule has 0 saturated carbocycles. The molecule has 0 fully saturated rings. The van der Waals surface area contributed by atoms with Gasteiger partial charge in [0.2, 0.25) is 0 Å². The van der Waals surface area contributed by atoms with Crippen LogP contribution in [-0.4, -0.2) is 18.1 Å². The van der Waals surface area contributed by atoms with Gasteiger partial charge in [0.15, 0.2) is 0 Å². The molecule has 0 spiro atoms. The van der Waals surface area contributed by atoms with Gasteiger partial charge in [-0.15, -0.1) is 0 Å². The molecule has 0 atom stereocenters. The van der Waals surface area contributed by atoms with Gasteiger partial charge >= 0.3 is 12.1 Å². The van der Waals surface area contributed by atoms with Gasteiger partial charge in [-0.2, -0.15) is 13.2 Å². The second-order valence-corrected chi connectivity index (χ2v) is 4.43. The molecule has 9 heteroatoms. The molecule has 1 aromatic rings. The number of nitrogens with zero attached hydrogens (tertiary/aromatic N) is 1. The molecule has 1 aromatic heterocycles. The van der Waals surface area contributed by atoms with E-state index in [-0.39, 0.29) is 3.70 Å². The zero-order chi connectivity index (χ0) is 14.8. The van der Waals surface area contributed by atoms with Gasteiger partial charge in [0, 0.05) is 17.3 Å². The molecule has 0 radical (unpaired) electrons. The number of hydrogen-bond acceptors (Lipinski definition) is 3. The highest BCUT2D eigenvalue weighted by Crippen LogP contribution is 2.39. The van der Waals surface area contributed by atoms with Crippen LogP contribution >= 0.6 is 22.6 Å². The molecule has 0 aliphatic carbocycles. The van der Waals surface area contributed by atoms with Gasteiger partial charge < -0.3 is 4.74 Å².